The lowest BCUT2D eigenvalue weighted by atomic mass is 10.1. The first kappa shape index (κ1) is 14.2. The Morgan fingerprint density at radius 2 is 2.17 bits per heavy atom. The summed E-state index contributed by atoms with van der Waals surface area (Å²) in [6.45, 7) is 2.13. The number of pyridine rings is 1. The number of hydrogen-bond donors (Lipinski definition) is 1. The van der Waals surface area contributed by atoms with Gasteiger partial charge in [-0.3, -0.25) is 4.98 Å². The fourth-order valence-electron chi connectivity index (χ4n) is 1.73. The zero-order chi connectivity index (χ0) is 13.1. The minimum Gasteiger partial charge on any atom is -0.324 e. The Morgan fingerprint density at radius 3 is 2.67 bits per heavy atom. The van der Waals surface area contributed by atoms with Gasteiger partial charge in [-0.15, -0.1) is 11.3 Å². The number of aryl methyl sites for hydroxylation is 1. The van der Waals surface area contributed by atoms with Crippen LogP contribution in [0.3, 0.4) is 0 Å². The van der Waals surface area contributed by atoms with Gasteiger partial charge in [0.25, 0.3) is 0 Å². The molecule has 0 aliphatic carbocycles. The SMILES string of the molecule is CCc1ccc(CC(N)c2cc(Br)sc2Br)nc1. The van der Waals surface area contributed by atoms with Crippen LogP contribution in [0.5, 0.6) is 0 Å². The normalized spacial score (nSPS) is 12.7. The molecule has 2 rings (SSSR count). The summed E-state index contributed by atoms with van der Waals surface area (Å²) in [4.78, 5) is 4.45. The van der Waals surface area contributed by atoms with Crippen molar-refractivity contribution in [2.75, 3.05) is 0 Å². The lowest BCUT2D eigenvalue weighted by Gasteiger charge is -2.10. The van der Waals surface area contributed by atoms with Crippen molar-refractivity contribution in [1.29, 1.82) is 0 Å². The quantitative estimate of drug-likeness (QED) is 0.837. The highest BCUT2D eigenvalue weighted by Crippen LogP contribution is 2.35. The van der Waals surface area contributed by atoms with Gasteiger partial charge in [-0.05, 0) is 61.5 Å². The van der Waals surface area contributed by atoms with E-state index in [4.69, 9.17) is 5.73 Å². The fourth-order valence-corrected chi connectivity index (χ4v) is 4.73. The Hall–Kier alpha value is -0.230. The molecule has 18 heavy (non-hydrogen) atoms. The smallest absolute Gasteiger partial charge is 0.0758 e. The standard InChI is InChI=1S/C13H14Br2N2S/c1-2-8-3-4-9(17-7-8)5-11(16)10-6-12(14)18-13(10)15/h3-4,6-7,11H,2,5,16H2,1H3. The van der Waals surface area contributed by atoms with Gasteiger partial charge in [-0.25, -0.2) is 0 Å². The van der Waals surface area contributed by atoms with E-state index in [1.54, 1.807) is 11.3 Å². The molecule has 0 saturated heterocycles. The van der Waals surface area contributed by atoms with Crippen molar-refractivity contribution >= 4 is 43.2 Å². The predicted octanol–water partition coefficient (Wildman–Crippen LogP) is 4.47. The Balaban J connectivity index is 2.10. The van der Waals surface area contributed by atoms with E-state index in [0.717, 1.165) is 31.7 Å². The van der Waals surface area contributed by atoms with Crippen molar-refractivity contribution in [3.05, 3.63) is 48.8 Å². The van der Waals surface area contributed by atoms with E-state index >= 15 is 0 Å². The molecular weight excluding hydrogens is 376 g/mol. The Labute approximate surface area is 128 Å². The van der Waals surface area contributed by atoms with E-state index in [-0.39, 0.29) is 6.04 Å². The number of nitrogens with two attached hydrogens (primary N) is 1. The average molecular weight is 390 g/mol. The summed E-state index contributed by atoms with van der Waals surface area (Å²) in [6, 6.07) is 6.23. The minimum absolute atomic E-state index is 0.0260. The summed E-state index contributed by atoms with van der Waals surface area (Å²) in [5.74, 6) is 0. The van der Waals surface area contributed by atoms with Crippen LogP contribution in [0.15, 0.2) is 32.0 Å². The average Bonchev–Trinajstić information content (AvgIpc) is 2.69. The van der Waals surface area contributed by atoms with Crippen LogP contribution in [0.1, 0.15) is 29.8 Å². The topological polar surface area (TPSA) is 38.9 Å². The van der Waals surface area contributed by atoms with E-state index in [1.807, 2.05) is 6.20 Å². The molecule has 1 unspecified atom stereocenters. The molecular formula is C13H14Br2N2S. The molecule has 1 atom stereocenters. The molecule has 2 nitrogen and oxygen atoms in total. The number of nitrogens with zero attached hydrogens (tertiary/aromatic N) is 1. The Bertz CT molecular complexity index is 522. The van der Waals surface area contributed by atoms with E-state index < -0.39 is 0 Å². The van der Waals surface area contributed by atoms with Gasteiger partial charge in [0.05, 0.1) is 7.57 Å². The monoisotopic (exact) mass is 388 g/mol. The molecule has 0 aliphatic rings. The fraction of sp³-hybridized carbons (Fsp3) is 0.308. The summed E-state index contributed by atoms with van der Waals surface area (Å²) in [6.07, 6.45) is 3.70. The summed E-state index contributed by atoms with van der Waals surface area (Å²) in [5, 5.41) is 0. The third-order valence-electron chi connectivity index (χ3n) is 2.81. The molecule has 0 spiro atoms. The van der Waals surface area contributed by atoms with E-state index in [9.17, 15) is 0 Å². The lowest BCUT2D eigenvalue weighted by Crippen LogP contribution is -2.13. The molecule has 96 valence electrons. The van der Waals surface area contributed by atoms with Crippen LogP contribution in [0.25, 0.3) is 0 Å². The molecule has 0 saturated carbocycles. The summed E-state index contributed by atoms with van der Waals surface area (Å²) in [7, 11) is 0. The molecule has 0 radical (unpaired) electrons. The van der Waals surface area contributed by atoms with Gasteiger partial charge in [0.2, 0.25) is 0 Å². The maximum absolute atomic E-state index is 6.23. The van der Waals surface area contributed by atoms with Crippen molar-refractivity contribution in [2.24, 2.45) is 5.73 Å². The van der Waals surface area contributed by atoms with Crippen molar-refractivity contribution < 1.29 is 0 Å². The molecule has 2 aromatic heterocycles. The third-order valence-corrected chi connectivity index (χ3v) is 5.19. The van der Waals surface area contributed by atoms with Crippen molar-refractivity contribution in [3.8, 4) is 0 Å². The summed E-state index contributed by atoms with van der Waals surface area (Å²) >= 11 is 8.66. The molecule has 0 amide bonds. The van der Waals surface area contributed by atoms with Gasteiger partial charge in [-0.1, -0.05) is 13.0 Å². The van der Waals surface area contributed by atoms with Crippen molar-refractivity contribution in [3.63, 3.8) is 0 Å². The first-order valence-electron chi connectivity index (χ1n) is 5.74. The van der Waals surface area contributed by atoms with Crippen LogP contribution in [0.4, 0.5) is 0 Å². The molecule has 2 heterocycles. The van der Waals surface area contributed by atoms with Gasteiger partial charge in [0, 0.05) is 24.4 Å². The van der Waals surface area contributed by atoms with Crippen molar-refractivity contribution in [1.82, 2.24) is 4.98 Å². The molecule has 0 aromatic carbocycles. The lowest BCUT2D eigenvalue weighted by molar-refractivity contribution is 0.706. The number of halogens is 2. The number of rotatable bonds is 4. The van der Waals surface area contributed by atoms with Gasteiger partial charge in [0.15, 0.2) is 0 Å². The molecule has 0 fully saturated rings. The number of aromatic nitrogens is 1. The first-order valence-corrected chi connectivity index (χ1v) is 8.14. The van der Waals surface area contributed by atoms with Crippen LogP contribution >= 0.6 is 43.2 Å². The maximum Gasteiger partial charge on any atom is 0.0758 e. The van der Waals surface area contributed by atoms with Crippen LogP contribution in [0.2, 0.25) is 0 Å². The molecule has 0 aliphatic heterocycles. The molecule has 5 heteroatoms. The van der Waals surface area contributed by atoms with Crippen LogP contribution in [-0.4, -0.2) is 4.98 Å². The molecule has 0 bridgehead atoms. The largest absolute Gasteiger partial charge is 0.324 e. The third kappa shape index (κ3) is 3.41. The molecule has 2 aromatic rings. The van der Waals surface area contributed by atoms with E-state index in [1.165, 1.54) is 5.56 Å². The van der Waals surface area contributed by atoms with Gasteiger partial charge >= 0.3 is 0 Å². The number of thiophene rings is 1. The highest BCUT2D eigenvalue weighted by atomic mass is 79.9. The second-order valence-corrected chi connectivity index (χ2v) is 7.85. The van der Waals surface area contributed by atoms with Crippen LogP contribution in [-0.2, 0) is 12.8 Å². The zero-order valence-electron chi connectivity index (χ0n) is 9.99. The summed E-state index contributed by atoms with van der Waals surface area (Å²) < 4.78 is 2.18. The van der Waals surface area contributed by atoms with Gasteiger partial charge < -0.3 is 5.73 Å². The zero-order valence-corrected chi connectivity index (χ0v) is 14.0. The first-order chi connectivity index (χ1) is 8.60. The van der Waals surface area contributed by atoms with Crippen LogP contribution in [0, 0.1) is 0 Å². The van der Waals surface area contributed by atoms with Crippen molar-refractivity contribution in [2.45, 2.75) is 25.8 Å². The van der Waals surface area contributed by atoms with Crippen LogP contribution < -0.4 is 5.73 Å². The second-order valence-electron chi connectivity index (χ2n) is 4.10. The van der Waals surface area contributed by atoms with Gasteiger partial charge in [0.1, 0.15) is 0 Å². The summed E-state index contributed by atoms with van der Waals surface area (Å²) in [5.41, 5.74) is 9.65. The Kier molecular flexibility index (Phi) is 4.95. The maximum atomic E-state index is 6.23. The Morgan fingerprint density at radius 1 is 1.39 bits per heavy atom. The second kappa shape index (κ2) is 6.28. The predicted molar refractivity (Wildman–Crippen MR) is 84.0 cm³/mol. The highest BCUT2D eigenvalue weighted by molar-refractivity contribution is 9.12. The van der Waals surface area contributed by atoms with E-state index in [0.29, 0.717) is 0 Å². The van der Waals surface area contributed by atoms with Gasteiger partial charge in [-0.2, -0.15) is 0 Å². The van der Waals surface area contributed by atoms with E-state index in [2.05, 4.69) is 62.0 Å². The highest BCUT2D eigenvalue weighted by Gasteiger charge is 2.14. The minimum atomic E-state index is -0.0260. The number of hydrogen-bond acceptors (Lipinski definition) is 3. The molecule has 2 N–H and O–H groups in total.